The number of nitrogens with zero attached hydrogens (tertiary/aromatic N) is 1. The van der Waals surface area contributed by atoms with Crippen molar-refractivity contribution in [3.8, 4) is 5.75 Å². The van der Waals surface area contributed by atoms with Gasteiger partial charge >= 0.3 is 5.97 Å². The maximum Gasteiger partial charge on any atom is 0.339 e. The summed E-state index contributed by atoms with van der Waals surface area (Å²) >= 11 is 0. The third-order valence-corrected chi connectivity index (χ3v) is 2.89. The third kappa shape index (κ3) is 2.97. The fourth-order valence-corrected chi connectivity index (χ4v) is 1.66. The Labute approximate surface area is 103 Å². The molecule has 0 heterocycles. The van der Waals surface area contributed by atoms with Gasteiger partial charge in [-0.3, -0.25) is 10.1 Å². The van der Waals surface area contributed by atoms with Crippen LogP contribution in [0.2, 0.25) is 0 Å². The molecule has 6 heteroatoms. The normalized spacial score (nSPS) is 14.2. The molecule has 0 radical (unpaired) electrons. The lowest BCUT2D eigenvalue weighted by atomic mass is 10.2. The van der Waals surface area contributed by atoms with Gasteiger partial charge in [-0.25, -0.2) is 4.79 Å². The van der Waals surface area contributed by atoms with E-state index in [9.17, 15) is 14.9 Å². The standard InChI is InChI=1S/C12H13NO5/c14-12(15)10-4-3-9(13(16)17)7-11(10)18-6-5-8-1-2-8/h3-4,7-8H,1-2,5-6H2,(H,14,15). The van der Waals surface area contributed by atoms with Crippen LogP contribution in [0.1, 0.15) is 29.6 Å². The Morgan fingerprint density at radius 2 is 2.22 bits per heavy atom. The van der Waals surface area contributed by atoms with Gasteiger partial charge in [-0.1, -0.05) is 12.8 Å². The number of nitro groups is 1. The average molecular weight is 251 g/mol. The monoisotopic (exact) mass is 251 g/mol. The molecular formula is C12H13NO5. The molecule has 1 N–H and O–H groups in total. The topological polar surface area (TPSA) is 89.7 Å². The van der Waals surface area contributed by atoms with E-state index in [0.717, 1.165) is 18.6 Å². The summed E-state index contributed by atoms with van der Waals surface area (Å²) in [6.07, 6.45) is 3.23. The second-order valence-electron chi connectivity index (χ2n) is 4.32. The van der Waals surface area contributed by atoms with Gasteiger partial charge in [0.25, 0.3) is 5.69 Å². The van der Waals surface area contributed by atoms with Crippen molar-refractivity contribution in [1.82, 2.24) is 0 Å². The molecule has 0 spiro atoms. The Morgan fingerprint density at radius 1 is 1.50 bits per heavy atom. The van der Waals surface area contributed by atoms with Gasteiger partial charge < -0.3 is 9.84 Å². The van der Waals surface area contributed by atoms with E-state index in [-0.39, 0.29) is 17.0 Å². The van der Waals surface area contributed by atoms with Gasteiger partial charge in [-0.2, -0.15) is 0 Å². The van der Waals surface area contributed by atoms with Crippen LogP contribution in [-0.2, 0) is 0 Å². The highest BCUT2D eigenvalue weighted by Crippen LogP contribution is 2.33. The zero-order valence-electron chi connectivity index (χ0n) is 9.67. The molecule has 0 aromatic heterocycles. The number of aromatic carboxylic acids is 1. The Bertz CT molecular complexity index is 481. The minimum Gasteiger partial charge on any atom is -0.492 e. The molecule has 2 rings (SSSR count). The number of ether oxygens (including phenoxy) is 1. The molecule has 0 atom stereocenters. The predicted molar refractivity (Wildman–Crippen MR) is 62.9 cm³/mol. The van der Waals surface area contributed by atoms with E-state index >= 15 is 0 Å². The summed E-state index contributed by atoms with van der Waals surface area (Å²) in [5, 5.41) is 19.6. The first-order valence-corrected chi connectivity index (χ1v) is 5.72. The van der Waals surface area contributed by atoms with Crippen LogP contribution in [0, 0.1) is 16.0 Å². The maximum absolute atomic E-state index is 11.0. The van der Waals surface area contributed by atoms with Gasteiger partial charge in [-0.05, 0) is 18.4 Å². The molecule has 1 aromatic carbocycles. The molecule has 18 heavy (non-hydrogen) atoms. The van der Waals surface area contributed by atoms with Gasteiger partial charge in [0, 0.05) is 6.07 Å². The van der Waals surface area contributed by atoms with Crippen LogP contribution in [0.25, 0.3) is 0 Å². The lowest BCUT2D eigenvalue weighted by Gasteiger charge is -2.08. The molecule has 0 amide bonds. The van der Waals surface area contributed by atoms with Crippen molar-refractivity contribution in [3.05, 3.63) is 33.9 Å². The van der Waals surface area contributed by atoms with Crippen LogP contribution in [0.4, 0.5) is 5.69 Å². The largest absolute Gasteiger partial charge is 0.492 e. The number of carboxylic acids is 1. The van der Waals surface area contributed by atoms with Crippen LogP contribution < -0.4 is 4.74 Å². The lowest BCUT2D eigenvalue weighted by molar-refractivity contribution is -0.384. The third-order valence-electron chi connectivity index (χ3n) is 2.89. The minimum absolute atomic E-state index is 0.0450. The summed E-state index contributed by atoms with van der Waals surface area (Å²) in [4.78, 5) is 21.0. The van der Waals surface area contributed by atoms with E-state index in [4.69, 9.17) is 9.84 Å². The Morgan fingerprint density at radius 3 is 2.78 bits per heavy atom. The molecule has 0 bridgehead atoms. The van der Waals surface area contributed by atoms with Gasteiger partial charge in [0.2, 0.25) is 0 Å². The summed E-state index contributed by atoms with van der Waals surface area (Å²) in [6, 6.07) is 3.53. The zero-order chi connectivity index (χ0) is 13.1. The van der Waals surface area contributed by atoms with Crippen molar-refractivity contribution in [3.63, 3.8) is 0 Å². The first-order valence-electron chi connectivity index (χ1n) is 5.72. The average Bonchev–Trinajstić information content (AvgIpc) is 3.12. The smallest absolute Gasteiger partial charge is 0.339 e. The van der Waals surface area contributed by atoms with E-state index in [1.165, 1.54) is 18.9 Å². The van der Waals surface area contributed by atoms with E-state index in [1.54, 1.807) is 0 Å². The van der Waals surface area contributed by atoms with Crippen LogP contribution in [0.5, 0.6) is 5.75 Å². The molecule has 0 unspecified atom stereocenters. The number of nitro benzene ring substituents is 1. The molecule has 1 fully saturated rings. The SMILES string of the molecule is O=C(O)c1ccc([N+](=O)[O-])cc1OCCC1CC1. The minimum atomic E-state index is -1.15. The number of rotatable bonds is 6. The molecule has 1 aliphatic carbocycles. The molecule has 0 aliphatic heterocycles. The van der Waals surface area contributed by atoms with Crippen molar-refractivity contribution < 1.29 is 19.6 Å². The summed E-state index contributed by atoms with van der Waals surface area (Å²) < 4.78 is 5.35. The quantitative estimate of drug-likeness (QED) is 0.619. The molecule has 1 saturated carbocycles. The highest BCUT2D eigenvalue weighted by molar-refractivity contribution is 5.91. The first-order chi connectivity index (χ1) is 8.58. The number of benzene rings is 1. The van der Waals surface area contributed by atoms with Gasteiger partial charge in [0.15, 0.2) is 0 Å². The number of hydrogen-bond donors (Lipinski definition) is 1. The Kier molecular flexibility index (Phi) is 3.45. The van der Waals surface area contributed by atoms with Crippen molar-refractivity contribution in [2.24, 2.45) is 5.92 Å². The fourth-order valence-electron chi connectivity index (χ4n) is 1.66. The summed E-state index contributed by atoms with van der Waals surface area (Å²) in [5.74, 6) is -0.416. The molecular weight excluding hydrogens is 238 g/mol. The number of hydrogen-bond acceptors (Lipinski definition) is 4. The van der Waals surface area contributed by atoms with Crippen LogP contribution in [-0.4, -0.2) is 22.6 Å². The van der Waals surface area contributed by atoms with E-state index < -0.39 is 10.9 Å². The van der Waals surface area contributed by atoms with Gasteiger partial charge in [0.1, 0.15) is 11.3 Å². The fraction of sp³-hybridized carbons (Fsp3) is 0.417. The highest BCUT2D eigenvalue weighted by atomic mass is 16.6. The molecule has 1 aromatic rings. The van der Waals surface area contributed by atoms with Gasteiger partial charge in [0.05, 0.1) is 17.6 Å². The maximum atomic E-state index is 11.0. The molecule has 1 aliphatic rings. The molecule has 96 valence electrons. The number of carbonyl (C=O) groups is 1. The number of non-ortho nitro benzene ring substituents is 1. The van der Waals surface area contributed by atoms with Crippen LogP contribution >= 0.6 is 0 Å². The van der Waals surface area contributed by atoms with E-state index in [1.807, 2.05) is 0 Å². The summed E-state index contributed by atoms with van der Waals surface area (Å²) in [5.41, 5.74) is -0.210. The summed E-state index contributed by atoms with van der Waals surface area (Å²) in [6.45, 7) is 0.395. The van der Waals surface area contributed by atoms with Crippen molar-refractivity contribution in [2.45, 2.75) is 19.3 Å². The van der Waals surface area contributed by atoms with Crippen molar-refractivity contribution in [1.29, 1.82) is 0 Å². The molecule has 0 saturated heterocycles. The lowest BCUT2D eigenvalue weighted by Crippen LogP contribution is -2.05. The highest BCUT2D eigenvalue weighted by Gasteiger charge is 2.22. The van der Waals surface area contributed by atoms with Crippen molar-refractivity contribution >= 4 is 11.7 Å². The van der Waals surface area contributed by atoms with Crippen molar-refractivity contribution in [2.75, 3.05) is 6.61 Å². The molecule has 6 nitrogen and oxygen atoms in total. The van der Waals surface area contributed by atoms with Crippen LogP contribution in [0.3, 0.4) is 0 Å². The van der Waals surface area contributed by atoms with Crippen LogP contribution in [0.15, 0.2) is 18.2 Å². The summed E-state index contributed by atoms with van der Waals surface area (Å²) in [7, 11) is 0. The first kappa shape index (κ1) is 12.3. The zero-order valence-corrected chi connectivity index (χ0v) is 9.67. The Hall–Kier alpha value is -2.11. The second-order valence-corrected chi connectivity index (χ2v) is 4.32. The van der Waals surface area contributed by atoms with E-state index in [2.05, 4.69) is 0 Å². The number of carboxylic acid groups (broad SMARTS) is 1. The second kappa shape index (κ2) is 5.03. The predicted octanol–water partition coefficient (Wildman–Crippen LogP) is 2.47. The van der Waals surface area contributed by atoms with E-state index in [0.29, 0.717) is 12.5 Å². The Balaban J connectivity index is 2.13. The van der Waals surface area contributed by atoms with Gasteiger partial charge in [-0.15, -0.1) is 0 Å².